The van der Waals surface area contributed by atoms with Gasteiger partial charge in [-0.3, -0.25) is 9.59 Å². The molecule has 0 radical (unpaired) electrons. The van der Waals surface area contributed by atoms with Gasteiger partial charge in [-0.25, -0.2) is 9.37 Å². The van der Waals surface area contributed by atoms with Gasteiger partial charge in [0.15, 0.2) is 5.82 Å². The van der Waals surface area contributed by atoms with E-state index in [4.69, 9.17) is 10.5 Å². The Kier molecular flexibility index (Phi) is 6.50. The third-order valence-electron chi connectivity index (χ3n) is 6.54. The largest absolute Gasteiger partial charge is 0.494 e. The van der Waals surface area contributed by atoms with Crippen molar-refractivity contribution in [2.75, 3.05) is 30.4 Å². The molecule has 4 aromatic rings. The number of aromatic nitrogens is 4. The fourth-order valence-electron chi connectivity index (χ4n) is 4.71. The molecule has 39 heavy (non-hydrogen) atoms. The summed E-state index contributed by atoms with van der Waals surface area (Å²) in [5, 5.41) is 6.52. The number of anilines is 2. The maximum absolute atomic E-state index is 14.6. The van der Waals surface area contributed by atoms with Gasteiger partial charge in [0, 0.05) is 32.4 Å². The topological polar surface area (TPSA) is 120 Å². The number of para-hydroxylation sites is 1. The number of amides is 1. The highest BCUT2D eigenvalue weighted by atomic mass is 19.4. The van der Waals surface area contributed by atoms with Crippen LogP contribution in [0.1, 0.15) is 22.6 Å². The number of ether oxygens (including phenoxy) is 1. The third-order valence-corrected chi connectivity index (χ3v) is 6.54. The number of halogens is 4. The quantitative estimate of drug-likeness (QED) is 0.370. The molecular formula is C25H23F4N7O3. The molecule has 1 saturated heterocycles. The summed E-state index contributed by atoms with van der Waals surface area (Å²) < 4.78 is 62.3. The minimum absolute atomic E-state index is 0.0240. The van der Waals surface area contributed by atoms with Gasteiger partial charge in [-0.2, -0.15) is 23.0 Å². The van der Waals surface area contributed by atoms with Crippen molar-refractivity contribution >= 4 is 28.3 Å². The Morgan fingerprint density at radius 3 is 2.62 bits per heavy atom. The number of imidazole rings is 1. The van der Waals surface area contributed by atoms with Crippen LogP contribution < -0.4 is 26.2 Å². The lowest BCUT2D eigenvalue weighted by molar-refractivity contribution is -0.146. The molecule has 3 heterocycles. The normalized spacial score (nSPS) is 15.7. The summed E-state index contributed by atoms with van der Waals surface area (Å²) in [6.07, 6.45) is -2.96. The predicted octanol–water partition coefficient (Wildman–Crippen LogP) is 3.08. The fourth-order valence-corrected chi connectivity index (χ4v) is 4.71. The van der Waals surface area contributed by atoms with Crippen molar-refractivity contribution < 1.29 is 27.1 Å². The molecule has 5 rings (SSSR count). The third kappa shape index (κ3) is 4.56. The molecule has 14 heteroatoms. The number of carbonyl (C=O) groups excluding carboxylic acids is 1. The van der Waals surface area contributed by atoms with Crippen molar-refractivity contribution in [2.45, 2.75) is 18.6 Å². The van der Waals surface area contributed by atoms with E-state index in [2.05, 4.69) is 15.4 Å². The van der Waals surface area contributed by atoms with Crippen LogP contribution in [0.3, 0.4) is 0 Å². The molecule has 2 aromatic heterocycles. The van der Waals surface area contributed by atoms with Crippen molar-refractivity contribution in [1.29, 1.82) is 0 Å². The number of aryl methyl sites for hydroxylation is 1. The van der Waals surface area contributed by atoms with Crippen molar-refractivity contribution in [2.24, 2.45) is 12.8 Å². The molecule has 0 unspecified atom stereocenters. The number of methoxy groups -OCH3 is 1. The zero-order chi connectivity index (χ0) is 28.1. The van der Waals surface area contributed by atoms with E-state index in [1.54, 1.807) is 4.90 Å². The molecule has 10 nitrogen and oxygen atoms in total. The van der Waals surface area contributed by atoms with Crippen LogP contribution in [0.2, 0.25) is 0 Å². The van der Waals surface area contributed by atoms with Crippen molar-refractivity contribution in [3.05, 3.63) is 70.2 Å². The number of nitrogens with two attached hydrogens (primary N) is 1. The van der Waals surface area contributed by atoms with Crippen molar-refractivity contribution in [3.63, 3.8) is 0 Å². The summed E-state index contributed by atoms with van der Waals surface area (Å²) in [7, 11) is 2.55. The Morgan fingerprint density at radius 2 is 1.95 bits per heavy atom. The zero-order valence-corrected chi connectivity index (χ0v) is 20.8. The van der Waals surface area contributed by atoms with E-state index in [0.29, 0.717) is 24.2 Å². The van der Waals surface area contributed by atoms with E-state index in [9.17, 15) is 27.2 Å². The smallest absolute Gasteiger partial charge is 0.449 e. The number of rotatable bonds is 5. The summed E-state index contributed by atoms with van der Waals surface area (Å²) in [5.41, 5.74) is 5.09. The van der Waals surface area contributed by atoms with Gasteiger partial charge in [-0.05, 0) is 36.8 Å². The number of carbonyl (C=O) groups is 1. The molecule has 1 aliphatic rings. The lowest BCUT2D eigenvalue weighted by atomic mass is 10.2. The van der Waals surface area contributed by atoms with Crippen LogP contribution in [0.4, 0.5) is 28.9 Å². The molecule has 1 fully saturated rings. The van der Waals surface area contributed by atoms with Gasteiger partial charge >= 0.3 is 6.18 Å². The van der Waals surface area contributed by atoms with E-state index < -0.39 is 29.3 Å². The van der Waals surface area contributed by atoms with E-state index in [-0.39, 0.29) is 45.5 Å². The van der Waals surface area contributed by atoms with Crippen molar-refractivity contribution in [1.82, 2.24) is 19.3 Å². The van der Waals surface area contributed by atoms with Crippen LogP contribution in [0.25, 0.3) is 16.7 Å². The maximum atomic E-state index is 14.6. The van der Waals surface area contributed by atoms with Gasteiger partial charge in [0.05, 0.1) is 24.0 Å². The minimum Gasteiger partial charge on any atom is -0.494 e. The Hall–Kier alpha value is -4.46. The molecule has 1 atom stereocenters. The molecule has 3 N–H and O–H groups in total. The number of nitrogens with zero attached hydrogens (tertiary/aromatic N) is 5. The number of hydrogen-bond acceptors (Lipinski definition) is 7. The van der Waals surface area contributed by atoms with Gasteiger partial charge in [0.1, 0.15) is 22.5 Å². The summed E-state index contributed by atoms with van der Waals surface area (Å²) >= 11 is 0. The first-order valence-electron chi connectivity index (χ1n) is 11.8. The Morgan fingerprint density at radius 1 is 1.18 bits per heavy atom. The molecule has 1 aliphatic heterocycles. The Balaban J connectivity index is 1.60. The monoisotopic (exact) mass is 545 g/mol. The van der Waals surface area contributed by atoms with Gasteiger partial charge in [0.25, 0.3) is 11.5 Å². The average molecular weight is 545 g/mol. The second-order valence-electron chi connectivity index (χ2n) is 9.02. The van der Waals surface area contributed by atoms with E-state index in [1.165, 1.54) is 38.4 Å². The Bertz CT molecular complexity index is 1650. The number of hydrogen-bond donors (Lipinski definition) is 2. The van der Waals surface area contributed by atoms with Crippen LogP contribution in [-0.4, -0.2) is 51.5 Å². The van der Waals surface area contributed by atoms with E-state index in [1.807, 2.05) is 0 Å². The van der Waals surface area contributed by atoms with Crippen molar-refractivity contribution in [3.8, 4) is 11.4 Å². The fraction of sp³-hybridized carbons (Fsp3) is 0.280. The maximum Gasteiger partial charge on any atom is 0.449 e. The zero-order valence-electron chi connectivity index (χ0n) is 20.8. The first-order valence-corrected chi connectivity index (χ1v) is 11.8. The predicted molar refractivity (Wildman–Crippen MR) is 135 cm³/mol. The van der Waals surface area contributed by atoms with Crippen LogP contribution in [-0.2, 0) is 13.2 Å². The van der Waals surface area contributed by atoms with Crippen LogP contribution in [0.15, 0.2) is 47.4 Å². The van der Waals surface area contributed by atoms with E-state index >= 15 is 0 Å². The van der Waals surface area contributed by atoms with Gasteiger partial charge in [-0.15, -0.1) is 0 Å². The average Bonchev–Trinajstić information content (AvgIpc) is 3.47. The molecule has 0 bridgehead atoms. The SMILES string of the molecule is COc1cccc(F)c1-n1nccc(C(=O)Nc2ccc3c(nc(C(F)(F)F)n3C)c2N2CC[C@H](N)C2)c1=O. The minimum atomic E-state index is -4.70. The lowest BCUT2D eigenvalue weighted by Crippen LogP contribution is -2.31. The molecular weight excluding hydrogens is 522 g/mol. The van der Waals surface area contributed by atoms with Gasteiger partial charge in [0.2, 0.25) is 5.82 Å². The first kappa shape index (κ1) is 26.2. The number of alkyl halides is 3. The molecule has 204 valence electrons. The molecule has 1 amide bonds. The second kappa shape index (κ2) is 9.69. The highest BCUT2D eigenvalue weighted by Gasteiger charge is 2.38. The Labute approximate surface area is 218 Å². The highest BCUT2D eigenvalue weighted by Crippen LogP contribution is 2.39. The highest BCUT2D eigenvalue weighted by molar-refractivity contribution is 6.09. The molecule has 2 aromatic carbocycles. The first-order chi connectivity index (χ1) is 18.5. The summed E-state index contributed by atoms with van der Waals surface area (Å²) in [5.74, 6) is -2.74. The van der Waals surface area contributed by atoms with Gasteiger partial charge in [-0.1, -0.05) is 6.07 Å². The van der Waals surface area contributed by atoms with E-state index in [0.717, 1.165) is 22.9 Å². The number of nitrogens with one attached hydrogen (secondary N) is 1. The molecule has 0 spiro atoms. The lowest BCUT2D eigenvalue weighted by Gasteiger charge is -2.22. The molecule has 0 aliphatic carbocycles. The van der Waals surface area contributed by atoms with Gasteiger partial charge < -0.3 is 25.3 Å². The standard InChI is InChI=1S/C25H23F4N7O3/c1-34-17-7-6-16(21(35-11-9-13(30)12-35)19(17)33-24(34)25(27,28)29)32-22(37)14-8-10-31-36(23(14)38)20-15(26)4-3-5-18(20)39-2/h3-8,10,13H,9,11-12,30H2,1-2H3,(H,32,37)/t13-/m0/s1. The van der Waals surface area contributed by atoms with Crippen LogP contribution in [0, 0.1) is 5.82 Å². The number of benzene rings is 2. The summed E-state index contributed by atoms with van der Waals surface area (Å²) in [6, 6.07) is 7.73. The molecule has 0 saturated carbocycles. The van der Waals surface area contributed by atoms with Crippen LogP contribution in [0.5, 0.6) is 5.75 Å². The summed E-state index contributed by atoms with van der Waals surface area (Å²) in [6.45, 7) is 0.755. The number of fused-ring (bicyclic) bond motifs is 1. The second-order valence-corrected chi connectivity index (χ2v) is 9.02. The summed E-state index contributed by atoms with van der Waals surface area (Å²) in [4.78, 5) is 32.2. The van der Waals surface area contributed by atoms with Crippen LogP contribution >= 0.6 is 0 Å².